The van der Waals surface area contributed by atoms with Gasteiger partial charge in [0.25, 0.3) is 0 Å². The topological polar surface area (TPSA) is 72.3 Å². The summed E-state index contributed by atoms with van der Waals surface area (Å²) < 4.78 is 7.59. The van der Waals surface area contributed by atoms with Gasteiger partial charge >= 0.3 is 0 Å². The van der Waals surface area contributed by atoms with E-state index in [2.05, 4.69) is 25.0 Å². The van der Waals surface area contributed by atoms with Crippen LogP contribution in [0.2, 0.25) is 0 Å². The number of benzene rings is 1. The quantitative estimate of drug-likeness (QED) is 0.737. The largest absolute Gasteiger partial charge is 0.494 e. The molecule has 8 heteroatoms. The second kappa shape index (κ2) is 8.21. The van der Waals surface area contributed by atoms with Crippen LogP contribution in [0.4, 0.5) is 11.6 Å². The van der Waals surface area contributed by atoms with Crippen molar-refractivity contribution in [1.29, 1.82) is 0 Å². The van der Waals surface area contributed by atoms with E-state index >= 15 is 0 Å². The Morgan fingerprint density at radius 3 is 2.74 bits per heavy atom. The lowest BCUT2D eigenvalue weighted by Gasteiger charge is -2.15. The number of nitrogens with one attached hydrogen (secondary N) is 1. The van der Waals surface area contributed by atoms with Crippen LogP contribution in [-0.2, 0) is 11.3 Å². The molecule has 1 aliphatic heterocycles. The van der Waals surface area contributed by atoms with Crippen molar-refractivity contribution >= 4 is 29.3 Å². The third kappa shape index (κ3) is 4.05. The van der Waals surface area contributed by atoms with E-state index in [-0.39, 0.29) is 5.91 Å². The summed E-state index contributed by atoms with van der Waals surface area (Å²) in [7, 11) is 0. The molecule has 1 aromatic carbocycles. The molecule has 4 rings (SSSR count). The number of hydrogen-bond donors (Lipinski definition) is 1. The van der Waals surface area contributed by atoms with Gasteiger partial charge in [0, 0.05) is 24.8 Å². The Morgan fingerprint density at radius 1 is 1.22 bits per heavy atom. The van der Waals surface area contributed by atoms with Crippen LogP contribution in [0.3, 0.4) is 0 Å². The lowest BCUT2D eigenvalue weighted by atomic mass is 10.2. The molecule has 0 atom stereocenters. The van der Waals surface area contributed by atoms with Crippen LogP contribution < -0.4 is 15.0 Å². The molecule has 0 spiro atoms. The summed E-state index contributed by atoms with van der Waals surface area (Å²) >= 11 is 1.46. The maximum atomic E-state index is 12.2. The standard InChI is InChI=1S/C19H25N5O2S/c1-2-26-16-9-7-15(8-10-16)23-11-12-24-18(23)21-22-19(24)27-13-17(25)20-14-5-3-4-6-14/h7-10,14H,2-6,11-13H2,1H3,(H,20,25). The molecule has 0 unspecified atom stereocenters. The molecule has 1 fully saturated rings. The summed E-state index contributed by atoms with van der Waals surface area (Å²) in [4.78, 5) is 14.3. The molecule has 2 aliphatic rings. The summed E-state index contributed by atoms with van der Waals surface area (Å²) in [6.07, 6.45) is 4.65. The van der Waals surface area contributed by atoms with E-state index in [0.29, 0.717) is 18.4 Å². The Morgan fingerprint density at radius 2 is 2.00 bits per heavy atom. The van der Waals surface area contributed by atoms with Crippen molar-refractivity contribution in [3.63, 3.8) is 0 Å². The number of hydrogen-bond acceptors (Lipinski definition) is 6. The number of anilines is 2. The normalized spacial score (nSPS) is 16.6. The molecule has 2 aromatic rings. The Labute approximate surface area is 163 Å². The van der Waals surface area contributed by atoms with Crippen LogP contribution in [0.15, 0.2) is 29.4 Å². The summed E-state index contributed by atoms with van der Waals surface area (Å²) in [5, 5.41) is 12.6. The monoisotopic (exact) mass is 387 g/mol. The van der Waals surface area contributed by atoms with Gasteiger partial charge in [0.05, 0.1) is 12.4 Å². The molecule has 0 bridgehead atoms. The first kappa shape index (κ1) is 18.2. The highest BCUT2D eigenvalue weighted by atomic mass is 32.2. The third-order valence-corrected chi connectivity index (χ3v) is 5.96. The number of carbonyl (C=O) groups is 1. The summed E-state index contributed by atoms with van der Waals surface area (Å²) in [5.74, 6) is 2.17. The van der Waals surface area contributed by atoms with Gasteiger partial charge in [-0.1, -0.05) is 24.6 Å². The molecule has 1 aromatic heterocycles. The van der Waals surface area contributed by atoms with Gasteiger partial charge in [-0.2, -0.15) is 0 Å². The summed E-state index contributed by atoms with van der Waals surface area (Å²) in [6.45, 7) is 4.30. The second-order valence-electron chi connectivity index (χ2n) is 6.85. The van der Waals surface area contributed by atoms with Crippen molar-refractivity contribution in [2.45, 2.75) is 50.4 Å². The Bertz CT molecular complexity index is 786. The number of nitrogens with zero attached hydrogens (tertiary/aromatic N) is 4. The number of fused-ring (bicyclic) bond motifs is 1. The van der Waals surface area contributed by atoms with Crippen molar-refractivity contribution in [3.8, 4) is 5.75 Å². The average Bonchev–Trinajstić information content (AvgIpc) is 3.39. The molecule has 7 nitrogen and oxygen atoms in total. The lowest BCUT2D eigenvalue weighted by molar-refractivity contribution is -0.119. The SMILES string of the molecule is CCOc1ccc(N2CCn3c(SCC(=O)NC4CCCC4)nnc32)cc1. The van der Waals surface area contributed by atoms with Gasteiger partial charge in [0.2, 0.25) is 11.9 Å². The predicted molar refractivity (Wildman–Crippen MR) is 106 cm³/mol. The highest BCUT2D eigenvalue weighted by molar-refractivity contribution is 7.99. The first-order valence-electron chi connectivity index (χ1n) is 9.60. The van der Waals surface area contributed by atoms with Crippen molar-refractivity contribution in [3.05, 3.63) is 24.3 Å². The molecular formula is C19H25N5O2S. The van der Waals surface area contributed by atoms with Crippen LogP contribution >= 0.6 is 11.8 Å². The number of amides is 1. The van der Waals surface area contributed by atoms with E-state index in [1.807, 2.05) is 31.2 Å². The minimum Gasteiger partial charge on any atom is -0.494 e. The third-order valence-electron chi connectivity index (χ3n) is 5.00. The fraction of sp³-hybridized carbons (Fsp3) is 0.526. The zero-order valence-electron chi connectivity index (χ0n) is 15.6. The van der Waals surface area contributed by atoms with Crippen molar-refractivity contribution in [1.82, 2.24) is 20.1 Å². The molecular weight excluding hydrogens is 362 g/mol. The number of ether oxygens (including phenoxy) is 1. The Hall–Kier alpha value is -2.22. The van der Waals surface area contributed by atoms with Crippen LogP contribution in [0, 0.1) is 0 Å². The minimum atomic E-state index is 0.0885. The van der Waals surface area contributed by atoms with Gasteiger partial charge in [-0.15, -0.1) is 10.2 Å². The Kier molecular flexibility index (Phi) is 5.52. The molecule has 0 saturated heterocycles. The average molecular weight is 388 g/mol. The van der Waals surface area contributed by atoms with E-state index in [0.717, 1.165) is 48.5 Å². The number of rotatable bonds is 7. The van der Waals surface area contributed by atoms with E-state index in [1.54, 1.807) is 0 Å². The zero-order chi connectivity index (χ0) is 18.6. The van der Waals surface area contributed by atoms with Gasteiger partial charge in [-0.3, -0.25) is 9.36 Å². The van der Waals surface area contributed by atoms with Gasteiger partial charge < -0.3 is 15.0 Å². The van der Waals surface area contributed by atoms with E-state index in [1.165, 1.54) is 24.6 Å². The van der Waals surface area contributed by atoms with Gasteiger partial charge in [-0.05, 0) is 44.0 Å². The maximum absolute atomic E-state index is 12.2. The molecule has 144 valence electrons. The molecule has 27 heavy (non-hydrogen) atoms. The van der Waals surface area contributed by atoms with E-state index < -0.39 is 0 Å². The van der Waals surface area contributed by atoms with Crippen LogP contribution in [0.5, 0.6) is 5.75 Å². The van der Waals surface area contributed by atoms with Crippen molar-refractivity contribution in [2.24, 2.45) is 0 Å². The van der Waals surface area contributed by atoms with E-state index in [4.69, 9.17) is 4.74 Å². The van der Waals surface area contributed by atoms with Crippen LogP contribution in [0.25, 0.3) is 0 Å². The van der Waals surface area contributed by atoms with Crippen molar-refractivity contribution in [2.75, 3.05) is 23.8 Å². The van der Waals surface area contributed by atoms with E-state index in [9.17, 15) is 4.79 Å². The summed E-state index contributed by atoms with van der Waals surface area (Å²) in [5.41, 5.74) is 1.07. The highest BCUT2D eigenvalue weighted by Crippen LogP contribution is 2.32. The van der Waals surface area contributed by atoms with Crippen molar-refractivity contribution < 1.29 is 9.53 Å². The predicted octanol–water partition coefficient (Wildman–Crippen LogP) is 2.98. The summed E-state index contributed by atoms with van der Waals surface area (Å²) in [6, 6.07) is 8.38. The first-order chi connectivity index (χ1) is 13.2. The maximum Gasteiger partial charge on any atom is 0.232 e. The minimum absolute atomic E-state index is 0.0885. The fourth-order valence-corrected chi connectivity index (χ4v) is 4.46. The Balaban J connectivity index is 1.37. The number of thioether (sulfide) groups is 1. The van der Waals surface area contributed by atoms with Crippen LogP contribution in [-0.4, -0.2) is 45.6 Å². The van der Waals surface area contributed by atoms with Gasteiger partial charge in [0.1, 0.15) is 5.75 Å². The number of carbonyl (C=O) groups excluding carboxylic acids is 1. The molecule has 1 aliphatic carbocycles. The van der Waals surface area contributed by atoms with Gasteiger partial charge in [0.15, 0.2) is 5.16 Å². The molecule has 1 N–H and O–H groups in total. The number of aromatic nitrogens is 3. The molecule has 1 saturated carbocycles. The van der Waals surface area contributed by atoms with Gasteiger partial charge in [-0.25, -0.2) is 0 Å². The molecule has 1 amide bonds. The van der Waals surface area contributed by atoms with Crippen LogP contribution in [0.1, 0.15) is 32.6 Å². The lowest BCUT2D eigenvalue weighted by Crippen LogP contribution is -2.33. The fourth-order valence-electron chi connectivity index (χ4n) is 3.69. The second-order valence-corrected chi connectivity index (χ2v) is 7.79. The highest BCUT2D eigenvalue weighted by Gasteiger charge is 2.26. The first-order valence-corrected chi connectivity index (χ1v) is 10.6. The smallest absolute Gasteiger partial charge is 0.232 e. The molecule has 0 radical (unpaired) electrons. The zero-order valence-corrected chi connectivity index (χ0v) is 16.4. The molecule has 2 heterocycles.